The highest BCUT2D eigenvalue weighted by Gasteiger charge is 2.36. The van der Waals surface area contributed by atoms with Gasteiger partial charge in [-0.2, -0.15) is 0 Å². The lowest BCUT2D eigenvalue weighted by atomic mass is 10.1. The number of imide groups is 1. The van der Waals surface area contributed by atoms with Crippen molar-refractivity contribution in [2.45, 2.75) is 6.54 Å². The molecule has 3 aromatic carbocycles. The van der Waals surface area contributed by atoms with E-state index in [0.29, 0.717) is 22.8 Å². The molecule has 6 nitrogen and oxygen atoms in total. The number of hydrogen-bond donors (Lipinski definition) is 1. The molecule has 2 heterocycles. The second-order valence-corrected chi connectivity index (χ2v) is 9.57. The van der Waals surface area contributed by atoms with Crippen molar-refractivity contribution < 1.29 is 18.8 Å². The van der Waals surface area contributed by atoms with E-state index in [2.05, 4.69) is 5.32 Å². The molecule has 0 atom stereocenters. The molecule has 5 rings (SSSR count). The lowest BCUT2D eigenvalue weighted by molar-refractivity contribution is -0.127. The average Bonchev–Trinajstić information content (AvgIpc) is 3.34. The summed E-state index contributed by atoms with van der Waals surface area (Å²) in [5.74, 6) is -1.33. The molecule has 0 spiro atoms. The Morgan fingerprint density at radius 2 is 1.72 bits per heavy atom. The lowest BCUT2D eigenvalue weighted by Gasteiger charge is -2.12. The Morgan fingerprint density at radius 1 is 1.00 bits per heavy atom. The molecule has 180 valence electrons. The van der Waals surface area contributed by atoms with Crippen LogP contribution in [-0.4, -0.2) is 33.1 Å². The van der Waals surface area contributed by atoms with Crippen LogP contribution in [0.4, 0.5) is 14.9 Å². The maximum Gasteiger partial charge on any atom is 0.294 e. The fraction of sp³-hybridized carbons (Fsp3) is 0.0741. The van der Waals surface area contributed by atoms with Crippen LogP contribution >= 0.6 is 23.4 Å². The SMILES string of the molecule is O=C(CN1C(=O)S/C(=C\c2cn(Cc3ccccc3F)c3ccccc23)C1=O)Nc1ccc(Cl)cc1. The Kier molecular flexibility index (Phi) is 6.63. The number of aromatic nitrogens is 1. The zero-order valence-corrected chi connectivity index (χ0v) is 20.4. The summed E-state index contributed by atoms with van der Waals surface area (Å²) in [6.07, 6.45) is 3.47. The molecule has 1 saturated heterocycles. The van der Waals surface area contributed by atoms with E-state index in [1.54, 1.807) is 48.5 Å². The molecule has 0 unspecified atom stereocenters. The zero-order valence-electron chi connectivity index (χ0n) is 18.8. The van der Waals surface area contributed by atoms with E-state index in [1.807, 2.05) is 35.0 Å². The van der Waals surface area contributed by atoms with Crippen LogP contribution in [-0.2, 0) is 16.1 Å². The molecule has 36 heavy (non-hydrogen) atoms. The zero-order chi connectivity index (χ0) is 25.2. The summed E-state index contributed by atoms with van der Waals surface area (Å²) in [4.78, 5) is 39.1. The fourth-order valence-corrected chi connectivity index (χ4v) is 4.94. The summed E-state index contributed by atoms with van der Waals surface area (Å²) in [5.41, 5.74) is 2.64. The van der Waals surface area contributed by atoms with E-state index in [1.165, 1.54) is 6.07 Å². The maximum atomic E-state index is 14.3. The van der Waals surface area contributed by atoms with Crippen molar-refractivity contribution >= 4 is 63.1 Å². The van der Waals surface area contributed by atoms with E-state index >= 15 is 0 Å². The number of carbonyl (C=O) groups excluding carboxylic acids is 3. The number of halogens is 2. The van der Waals surface area contributed by atoms with Crippen molar-refractivity contribution in [1.82, 2.24) is 9.47 Å². The molecular weight excluding hydrogens is 501 g/mol. The predicted octanol–water partition coefficient (Wildman–Crippen LogP) is 6.16. The van der Waals surface area contributed by atoms with Gasteiger partial charge in [0.1, 0.15) is 12.4 Å². The van der Waals surface area contributed by atoms with Gasteiger partial charge < -0.3 is 9.88 Å². The van der Waals surface area contributed by atoms with Crippen LogP contribution in [0.2, 0.25) is 5.02 Å². The predicted molar refractivity (Wildman–Crippen MR) is 140 cm³/mol. The quantitative estimate of drug-likeness (QED) is 0.310. The molecular formula is C27H19ClFN3O3S. The van der Waals surface area contributed by atoms with Crippen molar-refractivity contribution in [3.05, 3.63) is 106 Å². The Bertz CT molecular complexity index is 1530. The fourth-order valence-electron chi connectivity index (χ4n) is 3.99. The number of fused-ring (bicyclic) bond motifs is 1. The van der Waals surface area contributed by atoms with Gasteiger partial charge in [0.25, 0.3) is 11.1 Å². The van der Waals surface area contributed by atoms with E-state index in [4.69, 9.17) is 11.6 Å². The maximum absolute atomic E-state index is 14.3. The largest absolute Gasteiger partial charge is 0.342 e. The molecule has 0 aliphatic carbocycles. The van der Waals surface area contributed by atoms with Gasteiger partial charge >= 0.3 is 0 Å². The van der Waals surface area contributed by atoms with Crippen molar-refractivity contribution in [3.63, 3.8) is 0 Å². The molecule has 1 aromatic heterocycles. The number of nitrogens with one attached hydrogen (secondary N) is 1. The van der Waals surface area contributed by atoms with Crippen molar-refractivity contribution in [3.8, 4) is 0 Å². The minimum atomic E-state index is -0.540. The van der Waals surface area contributed by atoms with Gasteiger partial charge in [0.15, 0.2) is 0 Å². The molecule has 0 bridgehead atoms. The Balaban J connectivity index is 1.38. The van der Waals surface area contributed by atoms with Gasteiger partial charge in [-0.1, -0.05) is 48.0 Å². The third-order valence-electron chi connectivity index (χ3n) is 5.71. The number of hydrogen-bond acceptors (Lipinski definition) is 4. The first-order chi connectivity index (χ1) is 17.4. The molecule has 1 fully saturated rings. The van der Waals surface area contributed by atoms with Gasteiger partial charge in [-0.25, -0.2) is 4.39 Å². The summed E-state index contributed by atoms with van der Waals surface area (Å²) < 4.78 is 16.2. The number of nitrogens with zero attached hydrogens (tertiary/aromatic N) is 2. The summed E-state index contributed by atoms with van der Waals surface area (Å²) in [7, 11) is 0. The van der Waals surface area contributed by atoms with Crippen molar-refractivity contribution in [2.24, 2.45) is 0 Å². The second kappa shape index (κ2) is 10.0. The number of rotatable bonds is 6. The third-order valence-corrected chi connectivity index (χ3v) is 6.87. The summed E-state index contributed by atoms with van der Waals surface area (Å²) >= 11 is 6.64. The highest BCUT2D eigenvalue weighted by molar-refractivity contribution is 8.18. The van der Waals surface area contributed by atoms with Crippen LogP contribution in [0, 0.1) is 5.82 Å². The number of benzene rings is 3. The number of amides is 3. The minimum absolute atomic E-state index is 0.216. The molecule has 0 saturated carbocycles. The number of para-hydroxylation sites is 1. The third kappa shape index (κ3) is 4.91. The first-order valence-corrected chi connectivity index (χ1v) is 12.2. The second-order valence-electron chi connectivity index (χ2n) is 8.14. The summed E-state index contributed by atoms with van der Waals surface area (Å²) in [6, 6.07) is 20.7. The van der Waals surface area contributed by atoms with Gasteiger partial charge in [0, 0.05) is 38.9 Å². The Labute approximate surface area is 215 Å². The highest BCUT2D eigenvalue weighted by atomic mass is 35.5. The first kappa shape index (κ1) is 23.8. The van der Waals surface area contributed by atoms with Gasteiger partial charge in [-0.05, 0) is 54.2 Å². The first-order valence-electron chi connectivity index (χ1n) is 11.0. The van der Waals surface area contributed by atoms with Crippen LogP contribution in [0.15, 0.2) is 83.9 Å². The molecule has 3 amide bonds. The van der Waals surface area contributed by atoms with Crippen LogP contribution in [0.3, 0.4) is 0 Å². The lowest BCUT2D eigenvalue weighted by Crippen LogP contribution is -2.36. The van der Waals surface area contributed by atoms with Gasteiger partial charge in [-0.15, -0.1) is 0 Å². The van der Waals surface area contributed by atoms with E-state index in [0.717, 1.165) is 33.1 Å². The smallest absolute Gasteiger partial charge is 0.294 e. The van der Waals surface area contributed by atoms with Gasteiger partial charge in [-0.3, -0.25) is 19.3 Å². The minimum Gasteiger partial charge on any atom is -0.342 e. The Hall–Kier alpha value is -3.88. The van der Waals surface area contributed by atoms with Crippen LogP contribution in [0.25, 0.3) is 17.0 Å². The van der Waals surface area contributed by atoms with E-state index in [9.17, 15) is 18.8 Å². The Morgan fingerprint density at radius 3 is 2.50 bits per heavy atom. The molecule has 1 aliphatic heterocycles. The summed E-state index contributed by atoms with van der Waals surface area (Å²) in [5, 5.41) is 3.52. The summed E-state index contributed by atoms with van der Waals surface area (Å²) in [6.45, 7) is -0.0902. The standard InChI is InChI=1S/C27H19ClFN3O3S/c28-19-9-11-20(12-10-19)30-25(33)16-32-26(34)24(36-27(32)35)13-18-15-31(23-8-4-2-6-21(18)23)14-17-5-1-3-7-22(17)29/h1-13,15H,14,16H2,(H,30,33)/b24-13-. The van der Waals surface area contributed by atoms with Crippen molar-refractivity contribution in [2.75, 3.05) is 11.9 Å². The molecule has 9 heteroatoms. The highest BCUT2D eigenvalue weighted by Crippen LogP contribution is 2.34. The van der Waals surface area contributed by atoms with Crippen LogP contribution in [0.1, 0.15) is 11.1 Å². The normalized spacial score (nSPS) is 14.7. The molecule has 1 N–H and O–H groups in total. The van der Waals surface area contributed by atoms with Crippen LogP contribution in [0.5, 0.6) is 0 Å². The van der Waals surface area contributed by atoms with E-state index < -0.39 is 23.6 Å². The topological polar surface area (TPSA) is 71.4 Å². The molecule has 4 aromatic rings. The van der Waals surface area contributed by atoms with Crippen molar-refractivity contribution in [1.29, 1.82) is 0 Å². The van der Waals surface area contributed by atoms with Crippen LogP contribution < -0.4 is 5.32 Å². The van der Waals surface area contributed by atoms with E-state index in [-0.39, 0.29) is 10.7 Å². The van der Waals surface area contributed by atoms with Gasteiger partial charge in [0.2, 0.25) is 5.91 Å². The number of thioether (sulfide) groups is 1. The number of anilines is 1. The molecule has 1 aliphatic rings. The van der Waals surface area contributed by atoms with Gasteiger partial charge in [0.05, 0.1) is 11.4 Å². The molecule has 0 radical (unpaired) electrons. The number of carbonyl (C=O) groups is 3. The monoisotopic (exact) mass is 519 g/mol. The average molecular weight is 520 g/mol.